The van der Waals surface area contributed by atoms with E-state index in [0.29, 0.717) is 41.7 Å². The van der Waals surface area contributed by atoms with Crippen LogP contribution in [0.4, 0.5) is 0 Å². The van der Waals surface area contributed by atoms with Crippen LogP contribution in [0.3, 0.4) is 0 Å². The van der Waals surface area contributed by atoms with Gasteiger partial charge >= 0.3 is 0 Å². The molecule has 0 spiro atoms. The molecular weight excluding hydrogens is 450 g/mol. The van der Waals surface area contributed by atoms with E-state index in [9.17, 15) is 4.79 Å². The van der Waals surface area contributed by atoms with Gasteiger partial charge in [-0.2, -0.15) is 4.68 Å². The van der Waals surface area contributed by atoms with Crippen molar-refractivity contribution in [3.63, 3.8) is 0 Å². The predicted octanol–water partition coefficient (Wildman–Crippen LogP) is 1.02. The van der Waals surface area contributed by atoms with Crippen molar-refractivity contribution >= 4 is 5.91 Å². The Morgan fingerprint density at radius 3 is 2.71 bits per heavy atom. The lowest BCUT2D eigenvalue weighted by Gasteiger charge is -2.34. The number of carbonyl (C=O) groups excluding carboxylic acids is 1. The first-order valence-corrected chi connectivity index (χ1v) is 11.7. The van der Waals surface area contributed by atoms with Gasteiger partial charge in [-0.15, -0.1) is 5.10 Å². The number of tetrazole rings is 1. The molecule has 1 fully saturated rings. The summed E-state index contributed by atoms with van der Waals surface area (Å²) in [5.74, 6) is 2.66. The van der Waals surface area contributed by atoms with Crippen molar-refractivity contribution in [2.45, 2.75) is 12.5 Å². The second kappa shape index (κ2) is 8.82. The van der Waals surface area contributed by atoms with Gasteiger partial charge in [0.1, 0.15) is 6.04 Å². The molecule has 11 heteroatoms. The number of rotatable bonds is 4. The average molecular weight is 478 g/mol. The highest BCUT2D eigenvalue weighted by Crippen LogP contribution is 2.50. The SMILES string of the molecule is COc1c2c(cc3c1C(c1nnnn1-c1ccc(C(=O)N4CCNCC4)cc1)N(C)CC3)OCO2. The molecule has 3 aromatic rings. The average Bonchev–Trinajstić information content (AvgIpc) is 3.57. The molecule has 0 aliphatic carbocycles. The van der Waals surface area contributed by atoms with Crippen molar-refractivity contribution in [2.24, 2.45) is 0 Å². The monoisotopic (exact) mass is 477 g/mol. The van der Waals surface area contributed by atoms with Crippen LogP contribution in [0.25, 0.3) is 5.69 Å². The summed E-state index contributed by atoms with van der Waals surface area (Å²) in [5.41, 5.74) is 3.54. The van der Waals surface area contributed by atoms with Crippen molar-refractivity contribution in [3.05, 3.63) is 52.8 Å². The number of fused-ring (bicyclic) bond motifs is 2. The molecule has 6 rings (SSSR count). The first kappa shape index (κ1) is 21.8. The first-order chi connectivity index (χ1) is 17.2. The third-order valence-corrected chi connectivity index (χ3v) is 6.90. The third-order valence-electron chi connectivity index (χ3n) is 6.90. The van der Waals surface area contributed by atoms with E-state index in [4.69, 9.17) is 14.2 Å². The number of nitrogens with one attached hydrogen (secondary N) is 1. The van der Waals surface area contributed by atoms with E-state index in [2.05, 4.69) is 25.7 Å². The summed E-state index contributed by atoms with van der Waals surface area (Å²) >= 11 is 0. The van der Waals surface area contributed by atoms with Crippen LogP contribution in [0.15, 0.2) is 30.3 Å². The molecule has 1 atom stereocenters. The van der Waals surface area contributed by atoms with Crippen LogP contribution >= 0.6 is 0 Å². The summed E-state index contributed by atoms with van der Waals surface area (Å²) in [5, 5.41) is 16.0. The minimum Gasteiger partial charge on any atom is -0.492 e. The second-order valence-electron chi connectivity index (χ2n) is 8.89. The maximum Gasteiger partial charge on any atom is 0.253 e. The molecule has 1 unspecified atom stereocenters. The highest BCUT2D eigenvalue weighted by molar-refractivity contribution is 5.94. The van der Waals surface area contributed by atoms with E-state index in [0.717, 1.165) is 42.9 Å². The van der Waals surface area contributed by atoms with Gasteiger partial charge in [0.15, 0.2) is 17.3 Å². The van der Waals surface area contributed by atoms with Gasteiger partial charge in [-0.3, -0.25) is 9.69 Å². The molecule has 3 aliphatic rings. The molecule has 0 saturated carbocycles. The Kier molecular flexibility index (Phi) is 5.50. The Bertz CT molecular complexity index is 1250. The number of methoxy groups -OCH3 is 1. The largest absolute Gasteiger partial charge is 0.492 e. The molecule has 1 aromatic heterocycles. The minimum absolute atomic E-state index is 0.0386. The molecule has 1 amide bonds. The Morgan fingerprint density at radius 1 is 1.14 bits per heavy atom. The fourth-order valence-electron chi connectivity index (χ4n) is 5.10. The number of piperazine rings is 1. The number of aromatic nitrogens is 4. The number of benzene rings is 2. The highest BCUT2D eigenvalue weighted by atomic mass is 16.7. The molecule has 11 nitrogen and oxygen atoms in total. The second-order valence-corrected chi connectivity index (χ2v) is 8.89. The smallest absolute Gasteiger partial charge is 0.253 e. The Morgan fingerprint density at radius 2 is 1.94 bits per heavy atom. The van der Waals surface area contributed by atoms with Gasteiger partial charge in [-0.25, -0.2) is 0 Å². The van der Waals surface area contributed by atoms with Gasteiger partial charge in [-0.1, -0.05) is 0 Å². The number of nitrogens with zero attached hydrogens (tertiary/aromatic N) is 6. The minimum atomic E-state index is -0.250. The lowest BCUT2D eigenvalue weighted by molar-refractivity contribution is 0.0736. The molecule has 1 N–H and O–H groups in total. The van der Waals surface area contributed by atoms with Gasteiger partial charge in [0.05, 0.1) is 12.8 Å². The number of carbonyl (C=O) groups is 1. The van der Waals surface area contributed by atoms with Crippen molar-refractivity contribution in [3.8, 4) is 22.9 Å². The molecule has 35 heavy (non-hydrogen) atoms. The standard InChI is InChI=1S/C24H27N7O4/c1-29-10-7-16-13-18-21(35-14-34-18)22(33-2)19(16)20(29)23-26-27-28-31(23)17-5-3-15(4-6-17)24(32)30-11-8-25-9-12-30/h3-6,13,20,25H,7-12,14H2,1-2H3. The van der Waals surface area contributed by atoms with Gasteiger partial charge in [0, 0.05) is 43.9 Å². The van der Waals surface area contributed by atoms with Crippen LogP contribution in [0.5, 0.6) is 17.2 Å². The van der Waals surface area contributed by atoms with Crippen molar-refractivity contribution in [2.75, 3.05) is 53.7 Å². The Hall–Kier alpha value is -3.70. The van der Waals surface area contributed by atoms with Crippen LogP contribution < -0.4 is 19.5 Å². The van der Waals surface area contributed by atoms with Crippen molar-refractivity contribution in [1.82, 2.24) is 35.3 Å². The molecule has 0 radical (unpaired) electrons. The van der Waals surface area contributed by atoms with E-state index in [-0.39, 0.29) is 18.7 Å². The molecular formula is C24H27N7O4. The van der Waals surface area contributed by atoms with E-state index in [1.54, 1.807) is 11.8 Å². The number of amides is 1. The van der Waals surface area contributed by atoms with Crippen LogP contribution in [0, 0.1) is 0 Å². The summed E-state index contributed by atoms with van der Waals surface area (Å²) in [4.78, 5) is 16.9. The summed E-state index contributed by atoms with van der Waals surface area (Å²) in [6, 6.07) is 9.22. The van der Waals surface area contributed by atoms with Gasteiger partial charge in [-0.05, 0) is 59.8 Å². The molecule has 182 valence electrons. The normalized spacial score (nSPS) is 19.5. The van der Waals surface area contributed by atoms with Gasteiger partial charge in [0.25, 0.3) is 5.91 Å². The quantitative estimate of drug-likeness (QED) is 0.589. The summed E-state index contributed by atoms with van der Waals surface area (Å²) in [6.07, 6.45) is 0.847. The molecule has 2 aromatic carbocycles. The zero-order chi connectivity index (χ0) is 23.9. The summed E-state index contributed by atoms with van der Waals surface area (Å²) in [7, 11) is 3.69. The van der Waals surface area contributed by atoms with E-state index < -0.39 is 0 Å². The molecule has 0 bridgehead atoms. The zero-order valence-electron chi connectivity index (χ0n) is 19.7. The summed E-state index contributed by atoms with van der Waals surface area (Å²) in [6.45, 7) is 4.06. The third kappa shape index (κ3) is 3.67. The zero-order valence-corrected chi connectivity index (χ0v) is 19.7. The van der Waals surface area contributed by atoms with Gasteiger partial charge < -0.3 is 24.4 Å². The fraction of sp³-hybridized carbons (Fsp3) is 0.417. The Labute approximate surface area is 202 Å². The highest BCUT2D eigenvalue weighted by Gasteiger charge is 2.37. The van der Waals surface area contributed by atoms with Gasteiger partial charge in [0.2, 0.25) is 12.5 Å². The molecule has 1 saturated heterocycles. The van der Waals surface area contributed by atoms with E-state index in [1.165, 1.54) is 0 Å². The Balaban J connectivity index is 1.36. The lowest BCUT2D eigenvalue weighted by Crippen LogP contribution is -2.46. The molecule has 4 heterocycles. The van der Waals surface area contributed by atoms with Crippen LogP contribution in [-0.4, -0.2) is 89.6 Å². The fourth-order valence-corrected chi connectivity index (χ4v) is 5.10. The maximum absolute atomic E-state index is 12.9. The predicted molar refractivity (Wildman–Crippen MR) is 125 cm³/mol. The van der Waals surface area contributed by atoms with E-state index in [1.807, 2.05) is 42.3 Å². The number of hydrogen-bond donors (Lipinski definition) is 1. The first-order valence-electron chi connectivity index (χ1n) is 11.7. The molecule has 3 aliphatic heterocycles. The number of hydrogen-bond acceptors (Lipinski definition) is 9. The van der Waals surface area contributed by atoms with E-state index >= 15 is 0 Å². The van der Waals surface area contributed by atoms with Crippen molar-refractivity contribution < 1.29 is 19.0 Å². The summed E-state index contributed by atoms with van der Waals surface area (Å²) < 4.78 is 18.9. The van der Waals surface area contributed by atoms with Crippen LogP contribution in [0.2, 0.25) is 0 Å². The van der Waals surface area contributed by atoms with Crippen LogP contribution in [-0.2, 0) is 6.42 Å². The lowest BCUT2D eigenvalue weighted by atomic mass is 9.90. The van der Waals surface area contributed by atoms with Crippen LogP contribution in [0.1, 0.15) is 33.4 Å². The maximum atomic E-state index is 12.9. The number of likely N-dealkylation sites (N-methyl/N-ethyl adjacent to an activating group) is 1. The van der Waals surface area contributed by atoms with Crippen molar-refractivity contribution in [1.29, 1.82) is 0 Å². The topological polar surface area (TPSA) is 107 Å². The number of ether oxygens (including phenoxy) is 3.